The molecule has 0 aliphatic rings. The van der Waals surface area contributed by atoms with E-state index < -0.39 is 6.04 Å². The number of nitrogens with one attached hydrogen (secondary N) is 2. The number of amides is 2. The van der Waals surface area contributed by atoms with Gasteiger partial charge in [-0.15, -0.1) is 0 Å². The molecule has 21 heavy (non-hydrogen) atoms. The topological polar surface area (TPSA) is 71.3 Å². The van der Waals surface area contributed by atoms with Crippen molar-refractivity contribution in [3.8, 4) is 0 Å². The lowest BCUT2D eigenvalue weighted by atomic mass is 10.2. The van der Waals surface area contributed by atoms with Gasteiger partial charge in [0.05, 0.1) is 23.4 Å². The lowest BCUT2D eigenvalue weighted by Crippen LogP contribution is -2.44. The zero-order valence-corrected chi connectivity index (χ0v) is 12.2. The molecule has 110 valence electrons. The van der Waals surface area contributed by atoms with Crippen LogP contribution in [0.2, 0.25) is 5.02 Å². The van der Waals surface area contributed by atoms with E-state index in [-0.39, 0.29) is 18.4 Å². The van der Waals surface area contributed by atoms with Gasteiger partial charge in [0.15, 0.2) is 0 Å². The first kappa shape index (κ1) is 15.1. The number of carbonyl (C=O) groups excluding carboxylic acids is 2. The van der Waals surface area contributed by atoms with Crippen LogP contribution in [0.5, 0.6) is 0 Å². The molecular formula is C15H15ClN2O3. The van der Waals surface area contributed by atoms with E-state index in [1.54, 1.807) is 43.3 Å². The van der Waals surface area contributed by atoms with Gasteiger partial charge in [0, 0.05) is 0 Å². The summed E-state index contributed by atoms with van der Waals surface area (Å²) in [6, 6.07) is 9.49. The third-order valence-corrected chi connectivity index (χ3v) is 3.21. The third kappa shape index (κ3) is 4.10. The Hall–Kier alpha value is -2.27. The van der Waals surface area contributed by atoms with E-state index in [2.05, 4.69) is 10.6 Å². The predicted octanol–water partition coefficient (Wildman–Crippen LogP) is 2.37. The summed E-state index contributed by atoms with van der Waals surface area (Å²) >= 11 is 5.94. The fraction of sp³-hybridized carbons (Fsp3) is 0.200. The molecule has 0 radical (unpaired) electrons. The van der Waals surface area contributed by atoms with Crippen molar-refractivity contribution >= 4 is 23.4 Å². The van der Waals surface area contributed by atoms with Gasteiger partial charge in [-0.2, -0.15) is 0 Å². The fourth-order valence-electron chi connectivity index (χ4n) is 1.73. The first-order valence-electron chi connectivity index (χ1n) is 6.43. The molecule has 2 amide bonds. The molecule has 1 atom stereocenters. The van der Waals surface area contributed by atoms with E-state index in [4.69, 9.17) is 16.0 Å². The maximum Gasteiger partial charge on any atom is 0.253 e. The normalized spacial score (nSPS) is 11.7. The highest BCUT2D eigenvalue weighted by Gasteiger charge is 2.17. The zero-order valence-electron chi connectivity index (χ0n) is 11.4. The molecule has 1 aromatic carbocycles. The molecular weight excluding hydrogens is 292 g/mol. The molecule has 5 nitrogen and oxygen atoms in total. The van der Waals surface area contributed by atoms with Crippen molar-refractivity contribution in [3.63, 3.8) is 0 Å². The summed E-state index contributed by atoms with van der Waals surface area (Å²) in [6.07, 6.45) is 1.53. The minimum absolute atomic E-state index is 0.276. The van der Waals surface area contributed by atoms with Gasteiger partial charge < -0.3 is 15.1 Å². The Kier molecular flexibility index (Phi) is 5.00. The summed E-state index contributed by atoms with van der Waals surface area (Å²) in [5.74, 6) is -0.0407. The minimum Gasteiger partial charge on any atom is -0.467 e. The van der Waals surface area contributed by atoms with Crippen molar-refractivity contribution in [2.45, 2.75) is 19.5 Å². The van der Waals surface area contributed by atoms with Crippen LogP contribution in [-0.4, -0.2) is 17.9 Å². The smallest absolute Gasteiger partial charge is 0.253 e. The van der Waals surface area contributed by atoms with Gasteiger partial charge in [-0.05, 0) is 31.2 Å². The molecule has 0 saturated carbocycles. The van der Waals surface area contributed by atoms with Crippen molar-refractivity contribution < 1.29 is 14.0 Å². The highest BCUT2D eigenvalue weighted by molar-refractivity contribution is 6.33. The van der Waals surface area contributed by atoms with Crippen molar-refractivity contribution in [2.75, 3.05) is 0 Å². The molecule has 6 heteroatoms. The Morgan fingerprint density at radius 3 is 2.67 bits per heavy atom. The van der Waals surface area contributed by atoms with Crippen LogP contribution in [0, 0.1) is 0 Å². The molecule has 0 saturated heterocycles. The number of hydrogen-bond donors (Lipinski definition) is 2. The Bertz CT molecular complexity index is 626. The molecule has 0 aliphatic heterocycles. The van der Waals surface area contributed by atoms with Crippen LogP contribution in [0.1, 0.15) is 23.0 Å². The quantitative estimate of drug-likeness (QED) is 0.891. The molecule has 0 unspecified atom stereocenters. The first-order valence-corrected chi connectivity index (χ1v) is 6.81. The molecule has 2 rings (SSSR count). The molecule has 1 aromatic heterocycles. The van der Waals surface area contributed by atoms with E-state index >= 15 is 0 Å². The maximum atomic E-state index is 12.0. The van der Waals surface area contributed by atoms with Crippen LogP contribution in [0.3, 0.4) is 0 Å². The van der Waals surface area contributed by atoms with Crippen LogP contribution < -0.4 is 10.6 Å². The Morgan fingerprint density at radius 2 is 2.00 bits per heavy atom. The summed E-state index contributed by atoms with van der Waals surface area (Å²) in [5.41, 5.74) is 0.338. The SMILES string of the molecule is C[C@H](NC(=O)c1ccccc1Cl)C(=O)NCc1ccco1. The van der Waals surface area contributed by atoms with E-state index in [1.165, 1.54) is 6.26 Å². The standard InChI is InChI=1S/C15H15ClN2O3/c1-10(14(19)17-9-11-5-4-8-21-11)18-15(20)12-6-2-3-7-13(12)16/h2-8,10H,9H2,1H3,(H,17,19)(H,18,20)/t10-/m0/s1. The predicted molar refractivity (Wildman–Crippen MR) is 78.9 cm³/mol. The molecule has 0 fully saturated rings. The van der Waals surface area contributed by atoms with Crippen molar-refractivity contribution in [1.82, 2.24) is 10.6 Å². The summed E-state index contributed by atoms with van der Waals surface area (Å²) in [7, 11) is 0. The largest absolute Gasteiger partial charge is 0.467 e. The number of carbonyl (C=O) groups is 2. The number of rotatable bonds is 5. The zero-order chi connectivity index (χ0) is 15.2. The van der Waals surface area contributed by atoms with Gasteiger partial charge in [-0.25, -0.2) is 0 Å². The summed E-state index contributed by atoms with van der Waals surface area (Å²) in [5, 5.41) is 5.62. The fourth-order valence-corrected chi connectivity index (χ4v) is 1.95. The number of halogens is 1. The average molecular weight is 307 g/mol. The number of benzene rings is 1. The Balaban J connectivity index is 1.88. The van der Waals surface area contributed by atoms with E-state index in [1.807, 2.05) is 0 Å². The van der Waals surface area contributed by atoms with Gasteiger partial charge in [0.25, 0.3) is 5.91 Å². The van der Waals surface area contributed by atoms with Gasteiger partial charge in [-0.1, -0.05) is 23.7 Å². The van der Waals surface area contributed by atoms with Crippen LogP contribution >= 0.6 is 11.6 Å². The highest BCUT2D eigenvalue weighted by atomic mass is 35.5. The third-order valence-electron chi connectivity index (χ3n) is 2.88. The van der Waals surface area contributed by atoms with Gasteiger partial charge in [-0.3, -0.25) is 9.59 Å². The molecule has 0 aliphatic carbocycles. The molecule has 0 spiro atoms. The van der Waals surface area contributed by atoms with Crippen LogP contribution in [0.15, 0.2) is 47.1 Å². The average Bonchev–Trinajstić information content (AvgIpc) is 2.98. The van der Waals surface area contributed by atoms with E-state index in [9.17, 15) is 9.59 Å². The summed E-state index contributed by atoms with van der Waals surface area (Å²) < 4.78 is 5.11. The van der Waals surface area contributed by atoms with Gasteiger partial charge in [0.2, 0.25) is 5.91 Å². The molecule has 1 heterocycles. The second kappa shape index (κ2) is 6.95. The molecule has 2 aromatic rings. The number of hydrogen-bond acceptors (Lipinski definition) is 3. The van der Waals surface area contributed by atoms with Crippen molar-refractivity contribution in [2.24, 2.45) is 0 Å². The van der Waals surface area contributed by atoms with E-state index in [0.717, 1.165) is 0 Å². The van der Waals surface area contributed by atoms with Crippen LogP contribution in [0.25, 0.3) is 0 Å². The lowest BCUT2D eigenvalue weighted by molar-refractivity contribution is -0.122. The lowest BCUT2D eigenvalue weighted by Gasteiger charge is -2.14. The maximum absolute atomic E-state index is 12.0. The summed E-state index contributed by atoms with van der Waals surface area (Å²) in [6.45, 7) is 1.88. The Labute approximate surface area is 127 Å². The molecule has 0 bridgehead atoms. The monoisotopic (exact) mass is 306 g/mol. The minimum atomic E-state index is -0.677. The number of furan rings is 1. The first-order chi connectivity index (χ1) is 10.1. The molecule has 2 N–H and O–H groups in total. The van der Waals surface area contributed by atoms with E-state index in [0.29, 0.717) is 16.3 Å². The highest BCUT2D eigenvalue weighted by Crippen LogP contribution is 2.14. The van der Waals surface area contributed by atoms with Gasteiger partial charge in [0.1, 0.15) is 11.8 Å². The van der Waals surface area contributed by atoms with Crippen LogP contribution in [-0.2, 0) is 11.3 Å². The van der Waals surface area contributed by atoms with Crippen LogP contribution in [0.4, 0.5) is 0 Å². The van der Waals surface area contributed by atoms with Gasteiger partial charge >= 0.3 is 0 Å². The van der Waals surface area contributed by atoms with Crippen molar-refractivity contribution in [3.05, 3.63) is 59.0 Å². The second-order valence-corrected chi connectivity index (χ2v) is 4.88. The summed E-state index contributed by atoms with van der Waals surface area (Å²) in [4.78, 5) is 23.9. The van der Waals surface area contributed by atoms with Crippen molar-refractivity contribution in [1.29, 1.82) is 0 Å². The second-order valence-electron chi connectivity index (χ2n) is 4.47. The Morgan fingerprint density at radius 1 is 1.24 bits per heavy atom.